The molecule has 0 aliphatic heterocycles. The zero-order valence-electron chi connectivity index (χ0n) is 10.6. The first kappa shape index (κ1) is 14.7. The van der Waals surface area contributed by atoms with Crippen LogP contribution in [0.5, 0.6) is 0 Å². The van der Waals surface area contributed by atoms with Crippen molar-refractivity contribution in [2.75, 3.05) is 0 Å². The first-order valence-corrected chi connectivity index (χ1v) is 5.89. The number of aliphatic carboxylic acids is 1. The monoisotopic (exact) mass is 264 g/mol. The predicted octanol–water partition coefficient (Wildman–Crippen LogP) is 0.769. The molecule has 0 aromatic heterocycles. The Kier molecular flexibility index (Phi) is 5.05. The number of hydrogen-bond donors (Lipinski definition) is 3. The number of hydrogen-bond acceptors (Lipinski definition) is 3. The highest BCUT2D eigenvalue weighted by Crippen LogP contribution is 2.06. The van der Waals surface area contributed by atoms with Gasteiger partial charge in [0, 0.05) is 11.1 Å². The minimum atomic E-state index is -1.08. The maximum absolute atomic E-state index is 11.9. The molecule has 1 aromatic carbocycles. The average molecular weight is 264 g/mol. The first-order valence-electron chi connectivity index (χ1n) is 5.89. The molecule has 0 aliphatic carbocycles. The molecule has 1 aromatic rings. The molecule has 0 saturated carbocycles. The molecule has 0 heterocycles. The molecule has 0 fully saturated rings. The smallest absolute Gasteiger partial charge is 0.326 e. The van der Waals surface area contributed by atoms with Crippen molar-refractivity contribution in [3.63, 3.8) is 0 Å². The number of carbonyl (C=O) groups is 3. The van der Waals surface area contributed by atoms with Crippen LogP contribution in [0.4, 0.5) is 0 Å². The Morgan fingerprint density at radius 2 is 1.95 bits per heavy atom. The van der Waals surface area contributed by atoms with Gasteiger partial charge in [0.2, 0.25) is 5.91 Å². The van der Waals surface area contributed by atoms with E-state index in [1.165, 1.54) is 24.3 Å². The molecule has 2 amide bonds. The fraction of sp³-hybridized carbons (Fsp3) is 0.308. The van der Waals surface area contributed by atoms with Crippen molar-refractivity contribution >= 4 is 17.8 Å². The van der Waals surface area contributed by atoms with E-state index in [1.807, 2.05) is 6.92 Å². The zero-order chi connectivity index (χ0) is 14.4. The topological polar surface area (TPSA) is 109 Å². The van der Waals surface area contributed by atoms with E-state index in [0.29, 0.717) is 12.8 Å². The first-order chi connectivity index (χ1) is 8.95. The van der Waals surface area contributed by atoms with Gasteiger partial charge < -0.3 is 16.2 Å². The Hall–Kier alpha value is -2.37. The van der Waals surface area contributed by atoms with Gasteiger partial charge in [-0.25, -0.2) is 4.79 Å². The number of carbonyl (C=O) groups excluding carboxylic acids is 2. The van der Waals surface area contributed by atoms with E-state index in [1.54, 1.807) is 0 Å². The Morgan fingerprint density at radius 1 is 1.32 bits per heavy atom. The van der Waals surface area contributed by atoms with Crippen molar-refractivity contribution in [3.05, 3.63) is 35.4 Å². The van der Waals surface area contributed by atoms with Gasteiger partial charge in [-0.15, -0.1) is 0 Å². The highest BCUT2D eigenvalue weighted by atomic mass is 16.4. The zero-order valence-corrected chi connectivity index (χ0v) is 10.6. The second-order valence-corrected chi connectivity index (χ2v) is 4.10. The largest absolute Gasteiger partial charge is 0.480 e. The third kappa shape index (κ3) is 4.09. The van der Waals surface area contributed by atoms with Crippen molar-refractivity contribution in [1.29, 1.82) is 0 Å². The van der Waals surface area contributed by atoms with E-state index in [9.17, 15) is 14.4 Å². The standard InChI is InChI=1S/C13H16N2O4/c1-2-4-10(13(18)19)15-12(17)9-6-3-5-8(7-9)11(14)16/h3,5-7,10H,2,4H2,1H3,(H2,14,16)(H,15,17)(H,18,19)/t10-/m1/s1. The summed E-state index contributed by atoms with van der Waals surface area (Å²) in [6, 6.07) is 4.90. The van der Waals surface area contributed by atoms with Crippen LogP contribution >= 0.6 is 0 Å². The summed E-state index contributed by atoms with van der Waals surface area (Å²) in [4.78, 5) is 33.8. The maximum Gasteiger partial charge on any atom is 0.326 e. The summed E-state index contributed by atoms with van der Waals surface area (Å²) >= 11 is 0. The van der Waals surface area contributed by atoms with Gasteiger partial charge in [-0.05, 0) is 24.6 Å². The minimum absolute atomic E-state index is 0.204. The average Bonchev–Trinajstić information content (AvgIpc) is 2.38. The van der Waals surface area contributed by atoms with Crippen molar-refractivity contribution in [2.24, 2.45) is 5.73 Å². The van der Waals surface area contributed by atoms with Crippen LogP contribution in [0.1, 0.15) is 40.5 Å². The molecule has 0 bridgehead atoms. The Morgan fingerprint density at radius 3 is 2.47 bits per heavy atom. The van der Waals surface area contributed by atoms with Crippen LogP contribution in [0.2, 0.25) is 0 Å². The molecular formula is C13H16N2O4. The Bertz CT molecular complexity index is 499. The van der Waals surface area contributed by atoms with Gasteiger partial charge in [-0.3, -0.25) is 9.59 Å². The lowest BCUT2D eigenvalue weighted by Gasteiger charge is -2.13. The second-order valence-electron chi connectivity index (χ2n) is 4.10. The lowest BCUT2D eigenvalue weighted by molar-refractivity contribution is -0.139. The van der Waals surface area contributed by atoms with Crippen LogP contribution in [0.15, 0.2) is 24.3 Å². The van der Waals surface area contributed by atoms with E-state index in [4.69, 9.17) is 10.8 Å². The summed E-state index contributed by atoms with van der Waals surface area (Å²) in [5.74, 6) is -2.26. The van der Waals surface area contributed by atoms with Gasteiger partial charge in [0.15, 0.2) is 0 Å². The van der Waals surface area contributed by atoms with Crippen molar-refractivity contribution in [1.82, 2.24) is 5.32 Å². The maximum atomic E-state index is 11.9. The molecule has 6 nitrogen and oxygen atoms in total. The molecule has 0 saturated heterocycles. The van der Waals surface area contributed by atoms with Gasteiger partial charge >= 0.3 is 5.97 Å². The highest BCUT2D eigenvalue weighted by Gasteiger charge is 2.19. The predicted molar refractivity (Wildman–Crippen MR) is 68.8 cm³/mol. The number of nitrogens with one attached hydrogen (secondary N) is 1. The Balaban J connectivity index is 2.85. The third-order valence-corrected chi connectivity index (χ3v) is 2.59. The van der Waals surface area contributed by atoms with Crippen LogP contribution < -0.4 is 11.1 Å². The van der Waals surface area contributed by atoms with E-state index in [-0.39, 0.29) is 11.1 Å². The number of benzene rings is 1. The lowest BCUT2D eigenvalue weighted by atomic mass is 10.1. The molecule has 1 atom stereocenters. The molecule has 0 aliphatic rings. The fourth-order valence-electron chi connectivity index (χ4n) is 1.60. The molecule has 102 valence electrons. The molecular weight excluding hydrogens is 248 g/mol. The normalized spacial score (nSPS) is 11.6. The summed E-state index contributed by atoms with van der Waals surface area (Å²) in [6.45, 7) is 1.83. The summed E-state index contributed by atoms with van der Waals surface area (Å²) in [6.07, 6.45) is 0.981. The van der Waals surface area contributed by atoms with Crippen molar-refractivity contribution in [3.8, 4) is 0 Å². The van der Waals surface area contributed by atoms with E-state index in [2.05, 4.69) is 5.32 Å². The summed E-state index contributed by atoms with van der Waals surface area (Å²) in [5, 5.41) is 11.4. The van der Waals surface area contributed by atoms with Gasteiger partial charge in [0.25, 0.3) is 5.91 Å². The van der Waals surface area contributed by atoms with E-state index < -0.39 is 23.8 Å². The van der Waals surface area contributed by atoms with Gasteiger partial charge in [-0.2, -0.15) is 0 Å². The number of rotatable bonds is 6. The summed E-state index contributed by atoms with van der Waals surface area (Å²) < 4.78 is 0. The number of carboxylic acid groups (broad SMARTS) is 1. The molecule has 19 heavy (non-hydrogen) atoms. The fourth-order valence-corrected chi connectivity index (χ4v) is 1.60. The van der Waals surface area contributed by atoms with E-state index >= 15 is 0 Å². The van der Waals surface area contributed by atoms with Gasteiger partial charge in [0.05, 0.1) is 0 Å². The van der Waals surface area contributed by atoms with Crippen molar-refractivity contribution < 1.29 is 19.5 Å². The Labute approximate surface area is 110 Å². The van der Waals surface area contributed by atoms with Gasteiger partial charge in [0.1, 0.15) is 6.04 Å². The minimum Gasteiger partial charge on any atom is -0.480 e. The summed E-state index contributed by atoms with van der Waals surface area (Å²) in [7, 11) is 0. The van der Waals surface area contributed by atoms with Crippen LogP contribution in [-0.2, 0) is 4.79 Å². The lowest BCUT2D eigenvalue weighted by Crippen LogP contribution is -2.40. The molecule has 0 spiro atoms. The number of nitrogens with two attached hydrogens (primary N) is 1. The third-order valence-electron chi connectivity index (χ3n) is 2.59. The molecule has 6 heteroatoms. The summed E-state index contributed by atoms with van der Waals surface area (Å²) in [5.41, 5.74) is 5.53. The van der Waals surface area contributed by atoms with Gasteiger partial charge in [-0.1, -0.05) is 19.4 Å². The van der Waals surface area contributed by atoms with Crippen LogP contribution in [0, 0.1) is 0 Å². The van der Waals surface area contributed by atoms with Crippen LogP contribution in [0.3, 0.4) is 0 Å². The van der Waals surface area contributed by atoms with Crippen molar-refractivity contribution in [2.45, 2.75) is 25.8 Å². The van der Waals surface area contributed by atoms with Crippen LogP contribution in [-0.4, -0.2) is 28.9 Å². The number of carboxylic acids is 1. The SMILES string of the molecule is CCC[C@@H](NC(=O)c1cccc(C(N)=O)c1)C(=O)O. The van der Waals surface area contributed by atoms with E-state index in [0.717, 1.165) is 0 Å². The highest BCUT2D eigenvalue weighted by molar-refractivity contribution is 6.00. The number of amides is 2. The molecule has 4 N–H and O–H groups in total. The molecule has 0 radical (unpaired) electrons. The molecule has 1 rings (SSSR count). The quantitative estimate of drug-likeness (QED) is 0.704. The van der Waals surface area contributed by atoms with Crippen LogP contribution in [0.25, 0.3) is 0 Å². The second kappa shape index (κ2) is 6.53. The molecule has 0 unspecified atom stereocenters. The number of primary amides is 1.